The van der Waals surface area contributed by atoms with Crippen LogP contribution in [0.3, 0.4) is 0 Å². The highest BCUT2D eigenvalue weighted by atomic mass is 16.5. The van der Waals surface area contributed by atoms with Gasteiger partial charge >= 0.3 is 0 Å². The van der Waals surface area contributed by atoms with E-state index in [-0.39, 0.29) is 18.6 Å². The molecule has 20 heavy (non-hydrogen) atoms. The zero-order valence-corrected chi connectivity index (χ0v) is 12.2. The number of hydrogen-bond donors (Lipinski definition) is 1. The van der Waals surface area contributed by atoms with Crippen LogP contribution in [0.4, 0.5) is 0 Å². The lowest BCUT2D eigenvalue weighted by molar-refractivity contribution is -0.125. The average molecular weight is 276 g/mol. The van der Waals surface area contributed by atoms with Crippen LogP contribution in [-0.4, -0.2) is 50.2 Å². The highest BCUT2D eigenvalue weighted by Gasteiger charge is 2.20. The van der Waals surface area contributed by atoms with Gasteiger partial charge in [0.05, 0.1) is 0 Å². The van der Waals surface area contributed by atoms with Gasteiger partial charge in [0.25, 0.3) is 0 Å². The van der Waals surface area contributed by atoms with Gasteiger partial charge in [0.1, 0.15) is 6.61 Å². The van der Waals surface area contributed by atoms with Crippen molar-refractivity contribution in [1.82, 2.24) is 10.2 Å². The van der Waals surface area contributed by atoms with Gasteiger partial charge in [0, 0.05) is 26.2 Å². The minimum atomic E-state index is -0.0117. The molecule has 0 radical (unpaired) electrons. The molecule has 1 saturated heterocycles. The van der Waals surface area contributed by atoms with Gasteiger partial charge in [0.15, 0.2) is 0 Å². The van der Waals surface area contributed by atoms with Crippen molar-refractivity contribution in [1.29, 1.82) is 0 Å². The first-order valence-electron chi connectivity index (χ1n) is 7.32. The number of likely N-dealkylation sites (tertiary alicyclic amines) is 1. The fourth-order valence-electron chi connectivity index (χ4n) is 2.71. The van der Waals surface area contributed by atoms with E-state index in [2.05, 4.69) is 34.5 Å². The van der Waals surface area contributed by atoms with Crippen molar-refractivity contribution in [2.45, 2.75) is 25.3 Å². The number of amides is 1. The van der Waals surface area contributed by atoms with Gasteiger partial charge in [-0.15, -0.1) is 0 Å². The number of carbonyl (C=O) groups excluding carboxylic acids is 1. The number of ether oxygens (including phenoxy) is 1. The van der Waals surface area contributed by atoms with Gasteiger partial charge in [-0.05, 0) is 31.4 Å². The molecule has 0 saturated carbocycles. The molecule has 1 fully saturated rings. The zero-order valence-electron chi connectivity index (χ0n) is 12.2. The lowest BCUT2D eigenvalue weighted by Crippen LogP contribution is -2.48. The highest BCUT2D eigenvalue weighted by Crippen LogP contribution is 2.11. The molecule has 1 N–H and O–H groups in total. The van der Waals surface area contributed by atoms with Crippen LogP contribution in [0.25, 0.3) is 0 Å². The van der Waals surface area contributed by atoms with Crippen molar-refractivity contribution in [3.8, 4) is 0 Å². The van der Waals surface area contributed by atoms with Gasteiger partial charge < -0.3 is 15.0 Å². The fraction of sp³-hybridized carbons (Fsp3) is 0.562. The predicted octanol–water partition coefficient (Wildman–Crippen LogP) is 1.46. The van der Waals surface area contributed by atoms with Crippen molar-refractivity contribution < 1.29 is 9.53 Å². The maximum atomic E-state index is 11.5. The van der Waals surface area contributed by atoms with Gasteiger partial charge in [-0.3, -0.25) is 4.79 Å². The summed E-state index contributed by atoms with van der Waals surface area (Å²) in [5.41, 5.74) is 1.37. The molecule has 0 bridgehead atoms. The Kier molecular flexibility index (Phi) is 6.02. The Morgan fingerprint density at radius 3 is 2.95 bits per heavy atom. The molecular weight excluding hydrogens is 252 g/mol. The molecule has 110 valence electrons. The number of nitrogens with zero attached hydrogens (tertiary/aromatic N) is 1. The molecule has 0 unspecified atom stereocenters. The van der Waals surface area contributed by atoms with E-state index in [1.165, 1.54) is 5.56 Å². The third-order valence-electron chi connectivity index (χ3n) is 3.71. The van der Waals surface area contributed by atoms with Crippen molar-refractivity contribution >= 4 is 5.91 Å². The van der Waals surface area contributed by atoms with Crippen LogP contribution in [0.5, 0.6) is 0 Å². The van der Waals surface area contributed by atoms with E-state index in [1.807, 2.05) is 6.07 Å². The summed E-state index contributed by atoms with van der Waals surface area (Å²) >= 11 is 0. The number of carbonyl (C=O) groups is 1. The van der Waals surface area contributed by atoms with Crippen LogP contribution < -0.4 is 5.32 Å². The smallest absolute Gasteiger partial charge is 0.246 e. The number of methoxy groups -OCH3 is 1. The fourth-order valence-corrected chi connectivity index (χ4v) is 2.71. The molecule has 1 aliphatic heterocycles. The Labute approximate surface area is 121 Å². The van der Waals surface area contributed by atoms with E-state index in [0.29, 0.717) is 0 Å². The van der Waals surface area contributed by atoms with Crippen LogP contribution in [0.2, 0.25) is 0 Å². The van der Waals surface area contributed by atoms with Crippen molar-refractivity contribution in [3.05, 3.63) is 35.9 Å². The first-order chi connectivity index (χ1) is 9.78. The summed E-state index contributed by atoms with van der Waals surface area (Å²) in [5.74, 6) is -0.0117. The second-order valence-electron chi connectivity index (χ2n) is 5.38. The van der Waals surface area contributed by atoms with Crippen LogP contribution in [0.15, 0.2) is 30.3 Å². The molecule has 0 aromatic heterocycles. The quantitative estimate of drug-likeness (QED) is 0.855. The summed E-state index contributed by atoms with van der Waals surface area (Å²) in [4.78, 5) is 14.0. The summed E-state index contributed by atoms with van der Waals surface area (Å²) in [6, 6.07) is 10.8. The Hall–Kier alpha value is -1.39. The third kappa shape index (κ3) is 4.94. The SMILES string of the molecule is COCC(=O)N[C@H]1CCCN(CCc2ccccc2)C1. The van der Waals surface area contributed by atoms with Crippen molar-refractivity contribution in [3.63, 3.8) is 0 Å². The maximum absolute atomic E-state index is 11.5. The molecule has 0 aliphatic carbocycles. The molecule has 1 aromatic carbocycles. The van der Waals surface area contributed by atoms with Gasteiger partial charge in [-0.1, -0.05) is 30.3 Å². The Morgan fingerprint density at radius 1 is 1.40 bits per heavy atom. The third-order valence-corrected chi connectivity index (χ3v) is 3.71. The number of rotatable bonds is 6. The van der Waals surface area contributed by atoms with E-state index >= 15 is 0 Å². The Morgan fingerprint density at radius 2 is 2.20 bits per heavy atom. The summed E-state index contributed by atoms with van der Waals surface area (Å²) in [7, 11) is 1.55. The number of piperidine rings is 1. The topological polar surface area (TPSA) is 41.6 Å². The molecular formula is C16H24N2O2. The van der Waals surface area contributed by atoms with Crippen LogP contribution in [-0.2, 0) is 16.0 Å². The Balaban J connectivity index is 1.74. The molecule has 1 aromatic rings. The summed E-state index contributed by atoms with van der Waals surface area (Å²) in [6.07, 6.45) is 3.28. The first-order valence-corrected chi connectivity index (χ1v) is 7.32. The number of nitrogens with one attached hydrogen (secondary N) is 1. The second kappa shape index (κ2) is 8.02. The van der Waals surface area contributed by atoms with Gasteiger partial charge in [-0.2, -0.15) is 0 Å². The molecule has 4 heteroatoms. The van der Waals surface area contributed by atoms with E-state index in [1.54, 1.807) is 7.11 Å². The Bertz CT molecular complexity index is 408. The molecule has 0 spiro atoms. The minimum absolute atomic E-state index is 0.0117. The van der Waals surface area contributed by atoms with E-state index in [9.17, 15) is 4.79 Å². The van der Waals surface area contributed by atoms with E-state index in [4.69, 9.17) is 4.74 Å². The van der Waals surface area contributed by atoms with E-state index < -0.39 is 0 Å². The number of hydrogen-bond acceptors (Lipinski definition) is 3. The number of benzene rings is 1. The largest absolute Gasteiger partial charge is 0.375 e. The lowest BCUT2D eigenvalue weighted by Gasteiger charge is -2.33. The summed E-state index contributed by atoms with van der Waals surface area (Å²) in [6.45, 7) is 3.28. The summed E-state index contributed by atoms with van der Waals surface area (Å²) in [5, 5.41) is 3.04. The molecule has 1 amide bonds. The van der Waals surface area contributed by atoms with Crippen molar-refractivity contribution in [2.24, 2.45) is 0 Å². The first kappa shape index (κ1) is 15.0. The molecule has 1 heterocycles. The highest BCUT2D eigenvalue weighted by molar-refractivity contribution is 5.77. The zero-order chi connectivity index (χ0) is 14.2. The second-order valence-corrected chi connectivity index (χ2v) is 5.38. The molecule has 1 atom stereocenters. The predicted molar refractivity (Wildman–Crippen MR) is 79.6 cm³/mol. The standard InChI is InChI=1S/C16H24N2O2/c1-20-13-16(19)17-15-8-5-10-18(12-15)11-9-14-6-3-2-4-7-14/h2-4,6-7,15H,5,8-13H2,1H3,(H,17,19)/t15-/m0/s1. The normalized spacial score (nSPS) is 19.8. The average Bonchev–Trinajstić information content (AvgIpc) is 2.47. The van der Waals surface area contributed by atoms with Gasteiger partial charge in [-0.25, -0.2) is 0 Å². The van der Waals surface area contributed by atoms with Crippen LogP contribution in [0, 0.1) is 0 Å². The molecule has 2 rings (SSSR count). The minimum Gasteiger partial charge on any atom is -0.375 e. The van der Waals surface area contributed by atoms with Gasteiger partial charge in [0.2, 0.25) is 5.91 Å². The lowest BCUT2D eigenvalue weighted by atomic mass is 10.0. The van der Waals surface area contributed by atoms with Crippen LogP contribution >= 0.6 is 0 Å². The van der Waals surface area contributed by atoms with Crippen molar-refractivity contribution in [2.75, 3.05) is 33.4 Å². The molecule has 1 aliphatic rings. The van der Waals surface area contributed by atoms with Crippen LogP contribution in [0.1, 0.15) is 18.4 Å². The monoisotopic (exact) mass is 276 g/mol. The summed E-state index contributed by atoms with van der Waals surface area (Å²) < 4.78 is 4.85. The van der Waals surface area contributed by atoms with E-state index in [0.717, 1.165) is 38.9 Å². The molecule has 4 nitrogen and oxygen atoms in total. The maximum Gasteiger partial charge on any atom is 0.246 e.